The normalized spacial score (nSPS) is 26.0. The van der Waals surface area contributed by atoms with E-state index < -0.39 is 23.0 Å². The molecular formula is C16H26O4. The van der Waals surface area contributed by atoms with Crippen LogP contribution in [0.3, 0.4) is 0 Å². The number of hydrogen-bond donors (Lipinski definition) is 0. The molecule has 1 atom stereocenters. The van der Waals surface area contributed by atoms with Gasteiger partial charge in [-0.25, -0.2) is 0 Å². The highest BCUT2D eigenvalue weighted by Crippen LogP contribution is 2.51. The predicted octanol–water partition coefficient (Wildman–Crippen LogP) is 3.25. The number of carbonyl (C=O) groups excluding carboxylic acids is 2. The standard InChI is InChI=1S/C16H26O4/c1-11-15(5,6)9-8-10-16(11,12(17)19-7)13(18)20-14(2,3)4/h1,8-10H2,2-7H3/t16-/m0/s1. The van der Waals surface area contributed by atoms with E-state index in [4.69, 9.17) is 9.47 Å². The Morgan fingerprint density at radius 3 is 2.15 bits per heavy atom. The Morgan fingerprint density at radius 1 is 1.15 bits per heavy atom. The summed E-state index contributed by atoms with van der Waals surface area (Å²) in [6.07, 6.45) is 2.06. The predicted molar refractivity (Wildman–Crippen MR) is 77.1 cm³/mol. The van der Waals surface area contributed by atoms with Crippen molar-refractivity contribution in [3.63, 3.8) is 0 Å². The molecule has 0 aromatic heterocycles. The SMILES string of the molecule is C=C1C(C)(C)CCC[C@]1(C(=O)OC)C(=O)OC(C)(C)C. The lowest BCUT2D eigenvalue weighted by atomic mass is 9.60. The summed E-state index contributed by atoms with van der Waals surface area (Å²) >= 11 is 0. The number of hydrogen-bond acceptors (Lipinski definition) is 4. The van der Waals surface area contributed by atoms with Gasteiger partial charge >= 0.3 is 11.9 Å². The van der Waals surface area contributed by atoms with Crippen molar-refractivity contribution in [2.24, 2.45) is 10.8 Å². The fourth-order valence-electron chi connectivity index (χ4n) is 2.75. The van der Waals surface area contributed by atoms with E-state index >= 15 is 0 Å². The lowest BCUT2D eigenvalue weighted by Gasteiger charge is -2.44. The number of carbonyl (C=O) groups is 2. The van der Waals surface area contributed by atoms with Gasteiger partial charge in [-0.15, -0.1) is 0 Å². The fraction of sp³-hybridized carbons (Fsp3) is 0.750. The minimum absolute atomic E-state index is 0.288. The quantitative estimate of drug-likeness (QED) is 0.443. The summed E-state index contributed by atoms with van der Waals surface area (Å²) in [5, 5.41) is 0. The lowest BCUT2D eigenvalue weighted by Crippen LogP contribution is -2.50. The molecule has 1 fully saturated rings. The van der Waals surface area contributed by atoms with Crippen molar-refractivity contribution in [1.82, 2.24) is 0 Å². The van der Waals surface area contributed by atoms with Crippen LogP contribution in [0.2, 0.25) is 0 Å². The van der Waals surface area contributed by atoms with Crippen LogP contribution in [-0.4, -0.2) is 24.6 Å². The number of esters is 2. The van der Waals surface area contributed by atoms with Crippen LogP contribution in [0.25, 0.3) is 0 Å². The molecule has 0 radical (unpaired) electrons. The average molecular weight is 282 g/mol. The summed E-state index contributed by atoms with van der Waals surface area (Å²) in [5.74, 6) is -1.11. The third-order valence-corrected chi connectivity index (χ3v) is 3.97. The van der Waals surface area contributed by atoms with Crippen molar-refractivity contribution in [2.75, 3.05) is 7.11 Å². The molecule has 114 valence electrons. The molecular weight excluding hydrogens is 256 g/mol. The third kappa shape index (κ3) is 2.89. The lowest BCUT2D eigenvalue weighted by molar-refractivity contribution is -0.178. The van der Waals surface area contributed by atoms with Crippen LogP contribution in [0.1, 0.15) is 53.9 Å². The summed E-state index contributed by atoms with van der Waals surface area (Å²) < 4.78 is 10.4. The highest BCUT2D eigenvalue weighted by atomic mass is 16.6. The van der Waals surface area contributed by atoms with Gasteiger partial charge in [-0.1, -0.05) is 26.8 Å². The molecule has 0 bridgehead atoms. The minimum atomic E-state index is -1.37. The van der Waals surface area contributed by atoms with Crippen molar-refractivity contribution in [1.29, 1.82) is 0 Å². The molecule has 0 aromatic carbocycles. The van der Waals surface area contributed by atoms with Crippen LogP contribution in [0.4, 0.5) is 0 Å². The van der Waals surface area contributed by atoms with E-state index in [1.54, 1.807) is 20.8 Å². The second kappa shape index (κ2) is 5.23. The van der Waals surface area contributed by atoms with Crippen molar-refractivity contribution in [2.45, 2.75) is 59.5 Å². The monoisotopic (exact) mass is 282 g/mol. The van der Waals surface area contributed by atoms with E-state index in [1.165, 1.54) is 7.11 Å². The Kier molecular flexibility index (Phi) is 4.37. The smallest absolute Gasteiger partial charge is 0.328 e. The molecule has 4 nitrogen and oxygen atoms in total. The molecule has 20 heavy (non-hydrogen) atoms. The van der Waals surface area contributed by atoms with Gasteiger partial charge in [-0.05, 0) is 44.6 Å². The van der Waals surface area contributed by atoms with E-state index in [0.29, 0.717) is 12.0 Å². The van der Waals surface area contributed by atoms with Gasteiger partial charge in [-0.2, -0.15) is 0 Å². The zero-order valence-corrected chi connectivity index (χ0v) is 13.5. The molecule has 1 saturated carbocycles. The Labute approximate surface area is 121 Å². The molecule has 0 amide bonds. The van der Waals surface area contributed by atoms with Crippen molar-refractivity contribution < 1.29 is 19.1 Å². The second-order valence-electron chi connectivity index (χ2n) is 7.11. The average Bonchev–Trinajstić information content (AvgIpc) is 2.29. The molecule has 1 aliphatic carbocycles. The van der Waals surface area contributed by atoms with Crippen molar-refractivity contribution in [3.8, 4) is 0 Å². The molecule has 0 heterocycles. The van der Waals surface area contributed by atoms with Gasteiger partial charge in [0.25, 0.3) is 0 Å². The van der Waals surface area contributed by atoms with E-state index in [1.807, 2.05) is 13.8 Å². The van der Waals surface area contributed by atoms with Crippen molar-refractivity contribution >= 4 is 11.9 Å². The summed E-state index contributed by atoms with van der Waals surface area (Å²) in [5.41, 5.74) is -1.72. The first-order valence-corrected chi connectivity index (χ1v) is 6.99. The van der Waals surface area contributed by atoms with Crippen LogP contribution >= 0.6 is 0 Å². The Hall–Kier alpha value is -1.32. The van der Waals surface area contributed by atoms with Crippen LogP contribution < -0.4 is 0 Å². The Morgan fingerprint density at radius 2 is 1.70 bits per heavy atom. The van der Waals surface area contributed by atoms with Gasteiger partial charge in [0, 0.05) is 0 Å². The maximum Gasteiger partial charge on any atom is 0.328 e. The molecule has 0 saturated heterocycles. The van der Waals surface area contributed by atoms with Crippen LogP contribution in [0, 0.1) is 10.8 Å². The molecule has 0 unspecified atom stereocenters. The first-order chi connectivity index (χ1) is 8.97. The largest absolute Gasteiger partial charge is 0.468 e. The van der Waals surface area contributed by atoms with Gasteiger partial charge in [-0.3, -0.25) is 9.59 Å². The molecule has 0 N–H and O–H groups in total. The van der Waals surface area contributed by atoms with E-state index in [0.717, 1.165) is 12.8 Å². The molecule has 1 rings (SSSR count). The molecule has 0 spiro atoms. The highest BCUT2D eigenvalue weighted by molar-refractivity contribution is 6.04. The maximum atomic E-state index is 12.7. The van der Waals surface area contributed by atoms with E-state index in [2.05, 4.69) is 6.58 Å². The highest BCUT2D eigenvalue weighted by Gasteiger charge is 2.57. The number of methoxy groups -OCH3 is 1. The van der Waals surface area contributed by atoms with E-state index in [9.17, 15) is 9.59 Å². The molecule has 0 aliphatic heterocycles. The summed E-state index contributed by atoms with van der Waals surface area (Å²) in [4.78, 5) is 25.0. The molecule has 1 aliphatic rings. The van der Waals surface area contributed by atoms with Gasteiger partial charge in [0.05, 0.1) is 7.11 Å². The van der Waals surface area contributed by atoms with Gasteiger partial charge in [0.1, 0.15) is 5.60 Å². The first kappa shape index (κ1) is 16.7. The number of ether oxygens (including phenoxy) is 2. The van der Waals surface area contributed by atoms with Gasteiger partial charge in [0.2, 0.25) is 0 Å². The Balaban J connectivity index is 3.27. The summed E-state index contributed by atoms with van der Waals surface area (Å²) in [6.45, 7) is 13.4. The summed E-state index contributed by atoms with van der Waals surface area (Å²) in [6, 6.07) is 0. The van der Waals surface area contributed by atoms with Gasteiger partial charge in [0.15, 0.2) is 5.41 Å². The molecule has 4 heteroatoms. The third-order valence-electron chi connectivity index (χ3n) is 3.97. The van der Waals surface area contributed by atoms with Crippen LogP contribution in [0.15, 0.2) is 12.2 Å². The summed E-state index contributed by atoms with van der Waals surface area (Å²) in [7, 11) is 1.29. The fourth-order valence-corrected chi connectivity index (χ4v) is 2.75. The van der Waals surface area contributed by atoms with Crippen LogP contribution in [-0.2, 0) is 19.1 Å². The minimum Gasteiger partial charge on any atom is -0.468 e. The maximum absolute atomic E-state index is 12.7. The van der Waals surface area contributed by atoms with Gasteiger partial charge < -0.3 is 9.47 Å². The van der Waals surface area contributed by atoms with Crippen molar-refractivity contribution in [3.05, 3.63) is 12.2 Å². The second-order valence-corrected chi connectivity index (χ2v) is 7.11. The van der Waals surface area contributed by atoms with Crippen LogP contribution in [0.5, 0.6) is 0 Å². The zero-order chi connectivity index (χ0) is 15.8. The zero-order valence-electron chi connectivity index (χ0n) is 13.5. The number of rotatable bonds is 2. The van der Waals surface area contributed by atoms with E-state index in [-0.39, 0.29) is 5.41 Å². The molecule has 0 aromatic rings. The topological polar surface area (TPSA) is 52.6 Å². The Bertz CT molecular complexity index is 428. The first-order valence-electron chi connectivity index (χ1n) is 6.99.